The summed E-state index contributed by atoms with van der Waals surface area (Å²) in [7, 11) is 0. The third-order valence-corrected chi connectivity index (χ3v) is 2.62. The minimum Gasteiger partial charge on any atom is -0.394 e. The zero-order chi connectivity index (χ0) is 10.9. The van der Waals surface area contributed by atoms with E-state index in [0.717, 1.165) is 0 Å². The number of aryl methyl sites for hydroxylation is 1. The van der Waals surface area contributed by atoms with Gasteiger partial charge in [-0.05, 0) is 41.4 Å². The third kappa shape index (κ3) is 2.10. The number of aliphatic hydroxyl groups excluding tert-OH is 1. The van der Waals surface area contributed by atoms with Crippen LogP contribution in [0, 0.1) is 12.9 Å². The normalized spacial score (nSPS) is 15.3. The molecule has 14 heavy (non-hydrogen) atoms. The number of aromatic nitrogens is 1. The molecule has 1 aromatic rings. The fraction of sp³-hybridized carbons (Fsp3) is 0.444. The van der Waals surface area contributed by atoms with Crippen molar-refractivity contribution in [2.45, 2.75) is 19.4 Å². The van der Waals surface area contributed by atoms with Crippen LogP contribution in [0.25, 0.3) is 0 Å². The van der Waals surface area contributed by atoms with E-state index in [9.17, 15) is 4.39 Å². The summed E-state index contributed by atoms with van der Waals surface area (Å²) in [5.41, 5.74) is 6.05. The van der Waals surface area contributed by atoms with Gasteiger partial charge in [0.1, 0.15) is 0 Å². The smallest absolute Gasteiger partial charge is 0.227 e. The van der Waals surface area contributed by atoms with Crippen molar-refractivity contribution < 1.29 is 9.50 Å². The lowest BCUT2D eigenvalue weighted by atomic mass is 9.93. The van der Waals surface area contributed by atoms with E-state index in [0.29, 0.717) is 11.3 Å². The van der Waals surface area contributed by atoms with E-state index < -0.39 is 11.5 Å². The lowest BCUT2D eigenvalue weighted by molar-refractivity contribution is 0.209. The van der Waals surface area contributed by atoms with Crippen LogP contribution in [0.5, 0.6) is 0 Å². The summed E-state index contributed by atoms with van der Waals surface area (Å²) in [5, 5.41) is 9.07. The van der Waals surface area contributed by atoms with Crippen molar-refractivity contribution in [1.82, 2.24) is 4.98 Å². The molecule has 0 radical (unpaired) electrons. The first-order valence-corrected chi connectivity index (χ1v) is 4.90. The predicted molar refractivity (Wildman–Crippen MR) is 55.3 cm³/mol. The van der Waals surface area contributed by atoms with Crippen molar-refractivity contribution >= 4 is 15.9 Å². The van der Waals surface area contributed by atoms with E-state index in [1.807, 2.05) is 0 Å². The average Bonchev–Trinajstić information content (AvgIpc) is 2.11. The summed E-state index contributed by atoms with van der Waals surface area (Å²) in [6.45, 7) is 3.11. The summed E-state index contributed by atoms with van der Waals surface area (Å²) in [5.74, 6) is -0.569. The van der Waals surface area contributed by atoms with E-state index in [2.05, 4.69) is 20.9 Å². The molecule has 0 spiro atoms. The Balaban J connectivity index is 3.29. The van der Waals surface area contributed by atoms with Gasteiger partial charge in [0.25, 0.3) is 0 Å². The maximum absolute atomic E-state index is 13.0. The third-order valence-electron chi connectivity index (χ3n) is 2.07. The van der Waals surface area contributed by atoms with Gasteiger partial charge in [0.2, 0.25) is 5.95 Å². The summed E-state index contributed by atoms with van der Waals surface area (Å²) in [4.78, 5) is 3.68. The Hall–Kier alpha value is -0.520. The molecule has 1 aromatic heterocycles. The van der Waals surface area contributed by atoms with Gasteiger partial charge in [-0.15, -0.1) is 0 Å². The Kier molecular flexibility index (Phi) is 3.24. The number of nitrogens with zero attached hydrogens (tertiary/aromatic N) is 1. The molecule has 1 atom stereocenters. The van der Waals surface area contributed by atoms with Crippen LogP contribution in [-0.2, 0) is 5.54 Å². The molecule has 0 saturated carbocycles. The van der Waals surface area contributed by atoms with E-state index >= 15 is 0 Å². The fourth-order valence-electron chi connectivity index (χ4n) is 1.21. The lowest BCUT2D eigenvalue weighted by Gasteiger charge is -2.24. The van der Waals surface area contributed by atoms with E-state index in [1.165, 1.54) is 0 Å². The van der Waals surface area contributed by atoms with Gasteiger partial charge >= 0.3 is 0 Å². The van der Waals surface area contributed by atoms with Crippen LogP contribution in [0.15, 0.2) is 10.5 Å². The number of hydrogen-bond acceptors (Lipinski definition) is 3. The number of hydrogen-bond donors (Lipinski definition) is 2. The minimum atomic E-state index is -0.896. The number of pyridine rings is 1. The molecule has 1 heterocycles. The molecule has 78 valence electrons. The molecule has 1 rings (SSSR count). The first-order valence-electron chi connectivity index (χ1n) is 4.11. The maximum atomic E-state index is 13.0. The topological polar surface area (TPSA) is 59.1 Å². The summed E-state index contributed by atoms with van der Waals surface area (Å²) in [6, 6.07) is 1.55. The molecule has 0 aliphatic heterocycles. The van der Waals surface area contributed by atoms with Crippen LogP contribution in [0.4, 0.5) is 4.39 Å². The highest BCUT2D eigenvalue weighted by molar-refractivity contribution is 9.10. The van der Waals surface area contributed by atoms with Crippen LogP contribution in [0.2, 0.25) is 0 Å². The molecule has 3 N–H and O–H groups in total. The molecule has 0 aliphatic rings. The van der Waals surface area contributed by atoms with Crippen molar-refractivity contribution in [2.24, 2.45) is 5.73 Å². The van der Waals surface area contributed by atoms with Gasteiger partial charge in [-0.1, -0.05) is 0 Å². The lowest BCUT2D eigenvalue weighted by Crippen LogP contribution is -2.38. The Bertz CT molecular complexity index is 355. The standard InChI is InChI=1S/C9H12BrFN2O/c1-5-6(9(2,12)4-14)3-7(10)8(11)13-5/h3,14H,4,12H2,1-2H3/t9-/m0/s1. The van der Waals surface area contributed by atoms with Gasteiger partial charge in [0.15, 0.2) is 0 Å². The van der Waals surface area contributed by atoms with Crippen LogP contribution in [0.1, 0.15) is 18.2 Å². The number of aliphatic hydroxyl groups is 1. The maximum Gasteiger partial charge on any atom is 0.227 e. The highest BCUT2D eigenvalue weighted by Crippen LogP contribution is 2.24. The van der Waals surface area contributed by atoms with Crippen molar-refractivity contribution in [1.29, 1.82) is 0 Å². The van der Waals surface area contributed by atoms with E-state index in [1.54, 1.807) is 19.9 Å². The Morgan fingerprint density at radius 1 is 1.71 bits per heavy atom. The Morgan fingerprint density at radius 2 is 2.29 bits per heavy atom. The van der Waals surface area contributed by atoms with Crippen LogP contribution < -0.4 is 5.73 Å². The van der Waals surface area contributed by atoms with Crippen LogP contribution in [0.3, 0.4) is 0 Å². The second kappa shape index (κ2) is 3.92. The van der Waals surface area contributed by atoms with Crippen molar-refractivity contribution in [3.8, 4) is 0 Å². The van der Waals surface area contributed by atoms with Crippen LogP contribution >= 0.6 is 15.9 Å². The van der Waals surface area contributed by atoms with E-state index in [4.69, 9.17) is 10.8 Å². The van der Waals surface area contributed by atoms with Gasteiger partial charge in [-0.3, -0.25) is 0 Å². The highest BCUT2D eigenvalue weighted by Gasteiger charge is 2.24. The summed E-state index contributed by atoms with van der Waals surface area (Å²) in [6.07, 6.45) is 0. The molecular weight excluding hydrogens is 251 g/mol. The Morgan fingerprint density at radius 3 is 2.79 bits per heavy atom. The zero-order valence-corrected chi connectivity index (χ0v) is 9.60. The number of nitrogens with two attached hydrogens (primary N) is 1. The number of halogens is 2. The predicted octanol–water partition coefficient (Wildman–Crippen LogP) is 1.46. The van der Waals surface area contributed by atoms with Gasteiger partial charge in [0, 0.05) is 5.69 Å². The quantitative estimate of drug-likeness (QED) is 0.794. The molecule has 0 aliphatic carbocycles. The van der Waals surface area contributed by atoms with Crippen molar-refractivity contribution in [3.05, 3.63) is 27.7 Å². The molecule has 3 nitrogen and oxygen atoms in total. The zero-order valence-electron chi connectivity index (χ0n) is 8.01. The molecule has 0 saturated heterocycles. The fourth-order valence-corrected chi connectivity index (χ4v) is 1.53. The molecule has 0 aromatic carbocycles. The first-order chi connectivity index (χ1) is 6.38. The molecule has 0 unspecified atom stereocenters. The van der Waals surface area contributed by atoms with Gasteiger partial charge in [-0.25, -0.2) is 4.98 Å². The van der Waals surface area contributed by atoms with Crippen LogP contribution in [-0.4, -0.2) is 16.7 Å². The van der Waals surface area contributed by atoms with E-state index in [-0.39, 0.29) is 11.1 Å². The number of rotatable bonds is 2. The second-order valence-corrected chi connectivity index (χ2v) is 4.32. The van der Waals surface area contributed by atoms with Gasteiger partial charge in [0.05, 0.1) is 16.6 Å². The molecule has 0 fully saturated rings. The second-order valence-electron chi connectivity index (χ2n) is 3.47. The SMILES string of the molecule is Cc1nc(F)c(Br)cc1[C@@](C)(N)CO. The monoisotopic (exact) mass is 262 g/mol. The Labute approximate surface area is 90.3 Å². The molecule has 0 amide bonds. The summed E-state index contributed by atoms with van der Waals surface area (Å²) < 4.78 is 13.2. The molecule has 0 bridgehead atoms. The van der Waals surface area contributed by atoms with Crippen molar-refractivity contribution in [2.75, 3.05) is 6.61 Å². The first kappa shape index (κ1) is 11.6. The highest BCUT2D eigenvalue weighted by atomic mass is 79.9. The van der Waals surface area contributed by atoms with Gasteiger partial charge < -0.3 is 10.8 Å². The largest absolute Gasteiger partial charge is 0.394 e. The average molecular weight is 263 g/mol. The van der Waals surface area contributed by atoms with Gasteiger partial charge in [-0.2, -0.15) is 4.39 Å². The molecule has 5 heteroatoms. The van der Waals surface area contributed by atoms with Crippen molar-refractivity contribution in [3.63, 3.8) is 0 Å². The minimum absolute atomic E-state index is 0.215. The molecular formula is C9H12BrFN2O. The summed E-state index contributed by atoms with van der Waals surface area (Å²) >= 11 is 3.03.